The summed E-state index contributed by atoms with van der Waals surface area (Å²) >= 11 is 0. The van der Waals surface area contributed by atoms with Crippen molar-refractivity contribution >= 4 is 5.78 Å². The third kappa shape index (κ3) is 3.08. The Labute approximate surface area is 105 Å². The highest BCUT2D eigenvalue weighted by atomic mass is 16.1. The van der Waals surface area contributed by atoms with Gasteiger partial charge in [0, 0.05) is 0 Å². The van der Waals surface area contributed by atoms with Crippen LogP contribution in [0, 0.1) is 0 Å². The molecule has 2 fully saturated rings. The number of carbonyl (C=O) groups excluding carboxylic acids is 1. The molecule has 2 aliphatic rings. The van der Waals surface area contributed by atoms with E-state index >= 15 is 0 Å². The standard InChI is InChI=1S/C16H24O/c1-2-3-5-10-14-11-12-15(16(14)17)13-8-6-4-7-9-13/h10H,2-9,11-12H2,1H3/b14-10-. The lowest BCUT2D eigenvalue weighted by Gasteiger charge is -2.15. The Bertz CT molecular complexity index is 339. The minimum atomic E-state index is 0.387. The second-order valence-corrected chi connectivity index (χ2v) is 5.34. The van der Waals surface area contributed by atoms with Gasteiger partial charge in [0.15, 0.2) is 5.78 Å². The molecular formula is C16H24O. The van der Waals surface area contributed by atoms with E-state index in [0.717, 1.165) is 24.8 Å². The van der Waals surface area contributed by atoms with E-state index in [0.29, 0.717) is 5.78 Å². The first kappa shape index (κ1) is 12.6. The van der Waals surface area contributed by atoms with Crippen LogP contribution in [0.2, 0.25) is 0 Å². The number of Topliss-reactive ketones (excluding diaryl/α,β-unsaturated/α-hetero) is 1. The van der Waals surface area contributed by atoms with Gasteiger partial charge >= 0.3 is 0 Å². The van der Waals surface area contributed by atoms with Gasteiger partial charge in [0.05, 0.1) is 0 Å². The van der Waals surface area contributed by atoms with Crippen molar-refractivity contribution in [2.45, 2.75) is 71.1 Å². The second-order valence-electron chi connectivity index (χ2n) is 5.34. The SMILES string of the molecule is CCCC/C=C1/CCC(=C2CCCCC2)C1=O. The van der Waals surface area contributed by atoms with E-state index in [-0.39, 0.29) is 0 Å². The van der Waals surface area contributed by atoms with Crippen LogP contribution in [0.25, 0.3) is 0 Å². The summed E-state index contributed by atoms with van der Waals surface area (Å²) in [7, 11) is 0. The van der Waals surface area contributed by atoms with Crippen LogP contribution in [0.4, 0.5) is 0 Å². The normalized spacial score (nSPS) is 23.8. The highest BCUT2D eigenvalue weighted by Crippen LogP contribution is 2.34. The van der Waals surface area contributed by atoms with Crippen molar-refractivity contribution in [3.63, 3.8) is 0 Å². The van der Waals surface area contributed by atoms with E-state index in [4.69, 9.17) is 0 Å². The lowest BCUT2D eigenvalue weighted by atomic mass is 9.90. The molecule has 0 N–H and O–H groups in total. The molecule has 1 heteroatoms. The minimum absolute atomic E-state index is 0.387. The van der Waals surface area contributed by atoms with E-state index in [1.807, 2.05) is 0 Å². The van der Waals surface area contributed by atoms with Gasteiger partial charge in [-0.3, -0.25) is 4.79 Å². The van der Waals surface area contributed by atoms with Gasteiger partial charge in [-0.05, 0) is 56.1 Å². The molecule has 0 bridgehead atoms. The Kier molecular flexibility index (Phi) is 4.58. The lowest BCUT2D eigenvalue weighted by molar-refractivity contribution is -0.111. The molecule has 94 valence electrons. The molecule has 1 nitrogen and oxygen atoms in total. The molecule has 0 atom stereocenters. The first-order chi connectivity index (χ1) is 8.33. The first-order valence-electron chi connectivity index (χ1n) is 7.27. The number of ketones is 1. The third-order valence-corrected chi connectivity index (χ3v) is 4.04. The van der Waals surface area contributed by atoms with Crippen molar-refractivity contribution in [2.75, 3.05) is 0 Å². The topological polar surface area (TPSA) is 17.1 Å². The zero-order valence-electron chi connectivity index (χ0n) is 11.1. The molecule has 2 rings (SSSR count). The molecule has 0 saturated heterocycles. The van der Waals surface area contributed by atoms with E-state index in [1.54, 1.807) is 0 Å². The molecule has 2 saturated carbocycles. The zero-order valence-corrected chi connectivity index (χ0v) is 11.1. The van der Waals surface area contributed by atoms with Crippen molar-refractivity contribution in [2.24, 2.45) is 0 Å². The van der Waals surface area contributed by atoms with Gasteiger partial charge in [-0.2, -0.15) is 0 Å². The molecule has 0 radical (unpaired) electrons. The van der Waals surface area contributed by atoms with Crippen LogP contribution >= 0.6 is 0 Å². The van der Waals surface area contributed by atoms with E-state index in [2.05, 4.69) is 13.0 Å². The van der Waals surface area contributed by atoms with Crippen molar-refractivity contribution in [1.82, 2.24) is 0 Å². The maximum absolute atomic E-state index is 12.3. The number of hydrogen-bond donors (Lipinski definition) is 0. The largest absolute Gasteiger partial charge is 0.289 e. The average Bonchev–Trinajstić information content (AvgIpc) is 2.73. The van der Waals surface area contributed by atoms with Gasteiger partial charge in [-0.15, -0.1) is 0 Å². The van der Waals surface area contributed by atoms with Gasteiger partial charge in [-0.25, -0.2) is 0 Å². The number of allylic oxidation sites excluding steroid dienone is 4. The highest BCUT2D eigenvalue weighted by molar-refractivity contribution is 6.11. The summed E-state index contributed by atoms with van der Waals surface area (Å²) in [5, 5.41) is 0. The maximum atomic E-state index is 12.3. The predicted octanol–water partition coefficient (Wildman–Crippen LogP) is 4.73. The minimum Gasteiger partial charge on any atom is -0.289 e. The summed E-state index contributed by atoms with van der Waals surface area (Å²) in [5.74, 6) is 0.387. The summed E-state index contributed by atoms with van der Waals surface area (Å²) in [6, 6.07) is 0. The molecule has 0 aromatic rings. The smallest absolute Gasteiger partial charge is 0.184 e. The van der Waals surface area contributed by atoms with Crippen LogP contribution in [0.15, 0.2) is 22.8 Å². The van der Waals surface area contributed by atoms with E-state index in [9.17, 15) is 4.79 Å². The first-order valence-corrected chi connectivity index (χ1v) is 7.27. The Hall–Kier alpha value is -0.850. The fourth-order valence-corrected chi connectivity index (χ4v) is 2.97. The fraction of sp³-hybridized carbons (Fsp3) is 0.688. The molecule has 0 spiro atoms. The summed E-state index contributed by atoms with van der Waals surface area (Å²) in [4.78, 5) is 12.3. The molecule has 0 aromatic heterocycles. The molecule has 2 aliphatic carbocycles. The van der Waals surface area contributed by atoms with Crippen LogP contribution in [0.3, 0.4) is 0 Å². The second kappa shape index (κ2) is 6.18. The Balaban J connectivity index is 2.03. The summed E-state index contributed by atoms with van der Waals surface area (Å²) < 4.78 is 0. The molecule has 0 amide bonds. The summed E-state index contributed by atoms with van der Waals surface area (Å²) in [5.41, 5.74) is 3.78. The van der Waals surface area contributed by atoms with Crippen LogP contribution in [0.5, 0.6) is 0 Å². The van der Waals surface area contributed by atoms with Crippen LogP contribution in [0.1, 0.15) is 71.1 Å². The molecule has 0 aromatic carbocycles. The quantitative estimate of drug-likeness (QED) is 0.508. The maximum Gasteiger partial charge on any atom is 0.184 e. The molecular weight excluding hydrogens is 208 g/mol. The molecule has 0 heterocycles. The van der Waals surface area contributed by atoms with Gasteiger partial charge in [-0.1, -0.05) is 37.8 Å². The fourth-order valence-electron chi connectivity index (χ4n) is 2.97. The average molecular weight is 232 g/mol. The third-order valence-electron chi connectivity index (χ3n) is 4.04. The monoisotopic (exact) mass is 232 g/mol. The summed E-state index contributed by atoms with van der Waals surface area (Å²) in [6.07, 6.45) is 14.0. The van der Waals surface area contributed by atoms with Gasteiger partial charge < -0.3 is 0 Å². The number of carbonyl (C=O) groups is 1. The van der Waals surface area contributed by atoms with Gasteiger partial charge in [0.1, 0.15) is 0 Å². The zero-order chi connectivity index (χ0) is 12.1. The van der Waals surface area contributed by atoms with Crippen molar-refractivity contribution in [3.8, 4) is 0 Å². The molecule has 0 unspecified atom stereocenters. The molecule has 17 heavy (non-hydrogen) atoms. The van der Waals surface area contributed by atoms with Gasteiger partial charge in [0.2, 0.25) is 0 Å². The number of unbranched alkanes of at least 4 members (excludes halogenated alkanes) is 2. The Morgan fingerprint density at radius 2 is 1.82 bits per heavy atom. The Morgan fingerprint density at radius 1 is 1.06 bits per heavy atom. The van der Waals surface area contributed by atoms with E-state index in [1.165, 1.54) is 56.1 Å². The van der Waals surface area contributed by atoms with Crippen LogP contribution < -0.4 is 0 Å². The van der Waals surface area contributed by atoms with Crippen molar-refractivity contribution in [1.29, 1.82) is 0 Å². The number of hydrogen-bond acceptors (Lipinski definition) is 1. The van der Waals surface area contributed by atoms with Crippen molar-refractivity contribution < 1.29 is 4.79 Å². The van der Waals surface area contributed by atoms with Gasteiger partial charge in [0.25, 0.3) is 0 Å². The number of rotatable bonds is 3. The van der Waals surface area contributed by atoms with Crippen molar-refractivity contribution in [3.05, 3.63) is 22.8 Å². The summed E-state index contributed by atoms with van der Waals surface area (Å²) in [6.45, 7) is 2.20. The lowest BCUT2D eigenvalue weighted by Crippen LogP contribution is -2.03. The Morgan fingerprint density at radius 3 is 2.53 bits per heavy atom. The highest BCUT2D eigenvalue weighted by Gasteiger charge is 2.26. The van der Waals surface area contributed by atoms with E-state index < -0.39 is 0 Å². The van der Waals surface area contributed by atoms with Crippen LogP contribution in [-0.4, -0.2) is 5.78 Å². The molecule has 0 aliphatic heterocycles. The van der Waals surface area contributed by atoms with Crippen LogP contribution in [-0.2, 0) is 4.79 Å². The predicted molar refractivity (Wildman–Crippen MR) is 72.0 cm³/mol.